The summed E-state index contributed by atoms with van der Waals surface area (Å²) in [5.41, 5.74) is 1.38. The van der Waals surface area contributed by atoms with E-state index in [1.54, 1.807) is 12.3 Å². The second-order valence-corrected chi connectivity index (χ2v) is 7.80. The maximum atomic E-state index is 12.6. The third-order valence-corrected chi connectivity index (χ3v) is 6.29. The molecule has 0 bridgehead atoms. The molecule has 1 amide bonds. The van der Waals surface area contributed by atoms with Crippen LogP contribution in [0.1, 0.15) is 21.2 Å². The third kappa shape index (κ3) is 2.12. The number of Topliss-reactive ketones (excluding diaryl/α,β-unsaturated/α-hetero) is 1. The van der Waals surface area contributed by atoms with E-state index in [-0.39, 0.29) is 11.7 Å². The molecule has 1 atom stereocenters. The normalized spacial score (nSPS) is 20.3. The lowest BCUT2D eigenvalue weighted by atomic mass is 9.96. The first kappa shape index (κ1) is 13.5. The van der Waals surface area contributed by atoms with E-state index in [1.165, 1.54) is 11.3 Å². The summed E-state index contributed by atoms with van der Waals surface area (Å²) in [4.78, 5) is 29.9. The van der Waals surface area contributed by atoms with Gasteiger partial charge in [-0.2, -0.15) is 10.9 Å². The van der Waals surface area contributed by atoms with E-state index in [9.17, 15) is 9.59 Å². The van der Waals surface area contributed by atoms with Gasteiger partial charge in [0.1, 0.15) is 5.92 Å². The van der Waals surface area contributed by atoms with Gasteiger partial charge in [0.05, 0.1) is 21.8 Å². The number of thiophene rings is 1. The highest BCUT2D eigenvalue weighted by Gasteiger charge is 2.37. The summed E-state index contributed by atoms with van der Waals surface area (Å²) < 4.78 is 0. The standard InChI is InChI=1S/C16H12N2O2S2/c19-15(12-4-3-5-21-12)14-10-8-13(22-6-1-2-7-22)17-9-11(10)18-16(14)20/h1-9,14,22H,(H,18,20). The molecule has 4 rings (SSSR count). The van der Waals surface area contributed by atoms with Crippen molar-refractivity contribution in [2.45, 2.75) is 10.9 Å². The monoisotopic (exact) mass is 328 g/mol. The van der Waals surface area contributed by atoms with Crippen LogP contribution in [0.5, 0.6) is 0 Å². The molecule has 110 valence electrons. The van der Waals surface area contributed by atoms with E-state index in [1.807, 2.05) is 29.7 Å². The van der Waals surface area contributed by atoms with E-state index < -0.39 is 16.8 Å². The maximum Gasteiger partial charge on any atom is 0.239 e. The number of amides is 1. The van der Waals surface area contributed by atoms with Crippen LogP contribution in [0, 0.1) is 0 Å². The van der Waals surface area contributed by atoms with Crippen LogP contribution >= 0.6 is 22.2 Å². The fourth-order valence-electron chi connectivity index (χ4n) is 2.60. The number of pyridine rings is 1. The second-order valence-electron chi connectivity index (χ2n) is 4.98. The average Bonchev–Trinajstić information content (AvgIpc) is 3.26. The Morgan fingerprint density at radius 3 is 2.86 bits per heavy atom. The molecular weight excluding hydrogens is 316 g/mol. The van der Waals surface area contributed by atoms with Crippen molar-refractivity contribution in [2.75, 3.05) is 5.32 Å². The Kier molecular flexibility index (Phi) is 3.20. The van der Waals surface area contributed by atoms with E-state index in [0.29, 0.717) is 10.6 Å². The molecule has 1 N–H and O–H groups in total. The smallest absolute Gasteiger partial charge is 0.239 e. The lowest BCUT2D eigenvalue weighted by molar-refractivity contribution is -0.116. The number of fused-ring (bicyclic) bond motifs is 1. The van der Waals surface area contributed by atoms with Crippen LogP contribution in [0.2, 0.25) is 0 Å². The van der Waals surface area contributed by atoms with Gasteiger partial charge in [-0.3, -0.25) is 9.59 Å². The van der Waals surface area contributed by atoms with Crippen molar-refractivity contribution in [3.63, 3.8) is 0 Å². The van der Waals surface area contributed by atoms with E-state index in [4.69, 9.17) is 0 Å². The molecule has 0 aromatic carbocycles. The number of rotatable bonds is 3. The summed E-state index contributed by atoms with van der Waals surface area (Å²) in [6.07, 6.45) is 5.66. The molecule has 0 saturated carbocycles. The minimum atomic E-state index is -0.763. The summed E-state index contributed by atoms with van der Waals surface area (Å²) in [6.45, 7) is 0. The van der Waals surface area contributed by atoms with Gasteiger partial charge in [-0.15, -0.1) is 11.3 Å². The number of allylic oxidation sites excluding steroid dienone is 2. The van der Waals surface area contributed by atoms with Gasteiger partial charge in [0.2, 0.25) is 5.91 Å². The molecule has 0 radical (unpaired) electrons. The number of anilines is 1. The molecule has 2 aliphatic rings. The Balaban J connectivity index is 1.75. The van der Waals surface area contributed by atoms with Gasteiger partial charge >= 0.3 is 0 Å². The summed E-state index contributed by atoms with van der Waals surface area (Å²) in [6, 6.07) is 5.48. The highest BCUT2D eigenvalue weighted by atomic mass is 32.2. The molecule has 0 saturated heterocycles. The zero-order valence-electron chi connectivity index (χ0n) is 11.4. The Morgan fingerprint density at radius 1 is 1.32 bits per heavy atom. The topological polar surface area (TPSA) is 59.1 Å². The van der Waals surface area contributed by atoms with Gasteiger partial charge in [0.25, 0.3) is 0 Å². The Morgan fingerprint density at radius 2 is 2.14 bits per heavy atom. The molecule has 1 unspecified atom stereocenters. The molecule has 0 spiro atoms. The van der Waals surface area contributed by atoms with Crippen molar-refractivity contribution in [1.29, 1.82) is 0 Å². The number of ketones is 1. The van der Waals surface area contributed by atoms with Crippen molar-refractivity contribution in [1.82, 2.24) is 4.98 Å². The highest BCUT2D eigenvalue weighted by molar-refractivity contribution is 8.22. The third-order valence-electron chi connectivity index (χ3n) is 3.65. The quantitative estimate of drug-likeness (QED) is 0.515. The van der Waals surface area contributed by atoms with Crippen LogP contribution in [0.3, 0.4) is 0 Å². The zero-order chi connectivity index (χ0) is 15.1. The molecule has 2 aromatic rings. The van der Waals surface area contributed by atoms with E-state index >= 15 is 0 Å². The fraction of sp³-hybridized carbons (Fsp3) is 0.0625. The Labute approximate surface area is 133 Å². The Bertz CT molecular complexity index is 813. The number of hydrogen-bond acceptors (Lipinski definition) is 4. The number of nitrogens with one attached hydrogen (secondary N) is 1. The van der Waals surface area contributed by atoms with Crippen molar-refractivity contribution in [3.8, 4) is 0 Å². The van der Waals surface area contributed by atoms with Crippen LogP contribution in [0.4, 0.5) is 5.69 Å². The molecule has 2 aliphatic heterocycles. The van der Waals surface area contributed by atoms with Gasteiger partial charge in [-0.05, 0) is 28.3 Å². The van der Waals surface area contributed by atoms with Crippen LogP contribution in [-0.4, -0.2) is 16.7 Å². The predicted octanol–water partition coefficient (Wildman–Crippen LogP) is 3.46. The molecule has 22 heavy (non-hydrogen) atoms. The first-order valence-electron chi connectivity index (χ1n) is 6.76. The second kappa shape index (κ2) is 5.23. The van der Waals surface area contributed by atoms with Gasteiger partial charge < -0.3 is 5.32 Å². The van der Waals surface area contributed by atoms with Crippen molar-refractivity contribution < 1.29 is 9.59 Å². The molecule has 0 aliphatic carbocycles. The Hall–Kier alpha value is -2.18. The highest BCUT2D eigenvalue weighted by Crippen LogP contribution is 2.44. The molecular formula is C16H12N2O2S2. The minimum absolute atomic E-state index is 0.145. The van der Waals surface area contributed by atoms with Crippen molar-refractivity contribution >= 4 is 39.6 Å². The van der Waals surface area contributed by atoms with Gasteiger partial charge in [0.15, 0.2) is 5.78 Å². The minimum Gasteiger partial charge on any atom is -0.324 e. The van der Waals surface area contributed by atoms with E-state index in [2.05, 4.69) is 21.1 Å². The summed E-state index contributed by atoms with van der Waals surface area (Å²) in [5.74, 6) is -1.17. The zero-order valence-corrected chi connectivity index (χ0v) is 13.1. The summed E-state index contributed by atoms with van der Waals surface area (Å²) in [5, 5.41) is 9.72. The number of thiol groups is 1. The number of carbonyl (C=O) groups excluding carboxylic acids is 2. The fourth-order valence-corrected chi connectivity index (χ4v) is 4.75. The summed E-state index contributed by atoms with van der Waals surface area (Å²) >= 11 is 1.36. The molecule has 2 aromatic heterocycles. The molecule has 0 fully saturated rings. The number of carbonyl (C=O) groups is 2. The molecule has 4 nitrogen and oxygen atoms in total. The van der Waals surface area contributed by atoms with Crippen LogP contribution in [-0.2, 0) is 4.79 Å². The lowest BCUT2D eigenvalue weighted by Gasteiger charge is -2.12. The first-order valence-corrected chi connectivity index (χ1v) is 9.12. The average molecular weight is 328 g/mol. The van der Waals surface area contributed by atoms with Gasteiger partial charge in [-0.1, -0.05) is 18.2 Å². The number of aromatic nitrogens is 1. The number of hydrogen-bond donors (Lipinski definition) is 2. The largest absolute Gasteiger partial charge is 0.324 e. The lowest BCUT2D eigenvalue weighted by Crippen LogP contribution is -2.20. The molecule has 6 heteroatoms. The van der Waals surface area contributed by atoms with Crippen molar-refractivity contribution in [2.24, 2.45) is 0 Å². The SMILES string of the molecule is O=C1Nc2cnc([SH]3C=CC=C3)cc2C1C(=O)c1cccs1. The van der Waals surface area contributed by atoms with Crippen molar-refractivity contribution in [3.05, 3.63) is 63.2 Å². The first-order chi connectivity index (χ1) is 10.7. The summed E-state index contributed by atoms with van der Waals surface area (Å²) in [7, 11) is -0.564. The van der Waals surface area contributed by atoms with Gasteiger partial charge in [-0.25, -0.2) is 4.98 Å². The maximum absolute atomic E-state index is 12.6. The number of nitrogens with zero attached hydrogens (tertiary/aromatic N) is 1. The van der Waals surface area contributed by atoms with Crippen LogP contribution in [0.25, 0.3) is 0 Å². The van der Waals surface area contributed by atoms with Crippen LogP contribution in [0.15, 0.2) is 57.8 Å². The molecule has 4 heterocycles. The van der Waals surface area contributed by atoms with Gasteiger partial charge in [0, 0.05) is 5.56 Å². The predicted molar refractivity (Wildman–Crippen MR) is 89.8 cm³/mol. The van der Waals surface area contributed by atoms with Crippen LogP contribution < -0.4 is 5.32 Å². The van der Waals surface area contributed by atoms with E-state index in [0.717, 1.165) is 10.6 Å².